The summed E-state index contributed by atoms with van der Waals surface area (Å²) in [6.45, 7) is 2.78. The van der Waals surface area contributed by atoms with Crippen LogP contribution in [0.25, 0.3) is 11.2 Å². The summed E-state index contributed by atoms with van der Waals surface area (Å²) in [6.07, 6.45) is -6.39. The quantitative estimate of drug-likeness (QED) is 0.0761. The molecule has 19 heteroatoms. The highest BCUT2D eigenvalue weighted by atomic mass is 32.2. The van der Waals surface area contributed by atoms with Crippen LogP contribution in [0.2, 0.25) is 0 Å². The van der Waals surface area contributed by atoms with E-state index in [4.69, 9.17) is 18.4 Å². The summed E-state index contributed by atoms with van der Waals surface area (Å²) in [6, 6.07) is 27.1. The molecule has 55 heavy (non-hydrogen) atoms. The SMILES string of the molecule is CC(=O)Nc1nc(NC(C)=O)c2ncn([C@@H]3O[C@H](COC(c4ccccc4)(c4ccccc4)c4ccccc4)[C@@H](OC(C)=O)[C@H]3OS(=O)(=O)C(F)(F)F)c2n1. The number of fused-ring (bicyclic) bond motifs is 1. The van der Waals surface area contributed by atoms with Crippen LogP contribution in [0.3, 0.4) is 0 Å². The fraction of sp³-hybridized carbons (Fsp3) is 0.278. The van der Waals surface area contributed by atoms with Gasteiger partial charge >= 0.3 is 21.6 Å². The Morgan fingerprint density at radius 3 is 1.80 bits per heavy atom. The van der Waals surface area contributed by atoms with Crippen LogP contribution in [0.15, 0.2) is 97.3 Å². The van der Waals surface area contributed by atoms with Crippen molar-refractivity contribution in [2.45, 2.75) is 56.4 Å². The fourth-order valence-corrected chi connectivity index (χ4v) is 6.86. The maximum Gasteiger partial charge on any atom is 0.523 e. The van der Waals surface area contributed by atoms with Crippen molar-refractivity contribution in [3.05, 3.63) is 114 Å². The molecule has 288 valence electrons. The van der Waals surface area contributed by atoms with Gasteiger partial charge < -0.3 is 19.5 Å². The van der Waals surface area contributed by atoms with E-state index in [1.54, 1.807) is 36.4 Å². The van der Waals surface area contributed by atoms with Crippen molar-refractivity contribution in [3.8, 4) is 0 Å². The van der Waals surface area contributed by atoms with Crippen molar-refractivity contribution in [1.82, 2.24) is 19.5 Å². The van der Waals surface area contributed by atoms with Gasteiger partial charge in [0.2, 0.25) is 17.8 Å². The van der Waals surface area contributed by atoms with Crippen LogP contribution in [-0.4, -0.2) is 76.1 Å². The molecule has 3 heterocycles. The number of ether oxygens (including phenoxy) is 3. The van der Waals surface area contributed by atoms with Gasteiger partial charge in [-0.15, -0.1) is 0 Å². The molecule has 1 aliphatic rings. The summed E-state index contributed by atoms with van der Waals surface area (Å²) in [5, 5.41) is 4.79. The van der Waals surface area contributed by atoms with Crippen LogP contribution in [0.1, 0.15) is 43.7 Å². The lowest BCUT2D eigenvalue weighted by Gasteiger charge is -2.37. The number of carbonyl (C=O) groups excluding carboxylic acids is 3. The third-order valence-corrected chi connectivity index (χ3v) is 9.43. The molecule has 3 aromatic carbocycles. The van der Waals surface area contributed by atoms with E-state index in [-0.39, 0.29) is 22.9 Å². The molecule has 0 aliphatic carbocycles. The van der Waals surface area contributed by atoms with Crippen molar-refractivity contribution in [1.29, 1.82) is 0 Å². The number of nitrogens with one attached hydrogen (secondary N) is 2. The minimum atomic E-state index is -6.36. The lowest BCUT2D eigenvalue weighted by molar-refractivity contribution is -0.155. The molecule has 0 radical (unpaired) electrons. The highest BCUT2D eigenvalue weighted by Gasteiger charge is 2.57. The van der Waals surface area contributed by atoms with Crippen LogP contribution in [-0.2, 0) is 48.5 Å². The van der Waals surface area contributed by atoms with Gasteiger partial charge in [0.05, 0.1) is 12.9 Å². The molecule has 1 fully saturated rings. The van der Waals surface area contributed by atoms with Crippen LogP contribution >= 0.6 is 0 Å². The van der Waals surface area contributed by atoms with Crippen molar-refractivity contribution in [2.24, 2.45) is 0 Å². The van der Waals surface area contributed by atoms with Gasteiger partial charge in [0.25, 0.3) is 0 Å². The van der Waals surface area contributed by atoms with E-state index in [9.17, 15) is 36.0 Å². The molecule has 15 nitrogen and oxygen atoms in total. The second kappa shape index (κ2) is 15.5. The molecule has 6 rings (SSSR count). The maximum absolute atomic E-state index is 13.9. The Hall–Kier alpha value is -5.76. The molecular weight excluding hydrogens is 749 g/mol. The van der Waals surface area contributed by atoms with Gasteiger partial charge in [-0.1, -0.05) is 91.0 Å². The number of esters is 1. The number of aromatic nitrogens is 4. The summed E-state index contributed by atoms with van der Waals surface area (Å²) in [5.74, 6) is -2.76. The Morgan fingerprint density at radius 1 is 0.800 bits per heavy atom. The molecule has 0 unspecified atom stereocenters. The van der Waals surface area contributed by atoms with Crippen LogP contribution < -0.4 is 10.6 Å². The van der Waals surface area contributed by atoms with E-state index in [0.29, 0.717) is 16.7 Å². The number of amides is 2. The van der Waals surface area contributed by atoms with E-state index >= 15 is 0 Å². The number of benzene rings is 3. The first-order valence-corrected chi connectivity index (χ1v) is 17.9. The number of hydrogen-bond donors (Lipinski definition) is 2. The third-order valence-electron chi connectivity index (χ3n) is 8.39. The second-order valence-corrected chi connectivity index (χ2v) is 13.8. The predicted octanol–water partition coefficient (Wildman–Crippen LogP) is 4.82. The molecule has 0 bridgehead atoms. The summed E-state index contributed by atoms with van der Waals surface area (Å²) in [5.41, 5.74) is -5.71. The topological polar surface area (TPSA) is 190 Å². The predicted molar refractivity (Wildman–Crippen MR) is 188 cm³/mol. The number of anilines is 2. The third kappa shape index (κ3) is 8.04. The number of halogens is 3. The maximum atomic E-state index is 13.9. The molecule has 5 aromatic rings. The Morgan fingerprint density at radius 2 is 1.33 bits per heavy atom. The first-order valence-electron chi connectivity index (χ1n) is 16.5. The van der Waals surface area contributed by atoms with Gasteiger partial charge in [-0.2, -0.15) is 31.6 Å². The molecule has 4 atom stereocenters. The van der Waals surface area contributed by atoms with Crippen LogP contribution in [0.4, 0.5) is 24.9 Å². The van der Waals surface area contributed by atoms with Crippen molar-refractivity contribution in [3.63, 3.8) is 0 Å². The zero-order chi connectivity index (χ0) is 39.5. The molecule has 0 spiro atoms. The van der Waals surface area contributed by atoms with Gasteiger partial charge in [0.1, 0.15) is 11.7 Å². The highest BCUT2D eigenvalue weighted by Crippen LogP contribution is 2.44. The van der Waals surface area contributed by atoms with Gasteiger partial charge in [-0.25, -0.2) is 4.98 Å². The first-order chi connectivity index (χ1) is 26.1. The van der Waals surface area contributed by atoms with E-state index in [0.717, 1.165) is 24.7 Å². The van der Waals surface area contributed by atoms with Crippen LogP contribution in [0, 0.1) is 0 Å². The molecule has 2 amide bonds. The molecular formula is C36H33F3N6O9S. The van der Waals surface area contributed by atoms with E-state index in [1.165, 1.54) is 6.92 Å². The van der Waals surface area contributed by atoms with Crippen molar-refractivity contribution >= 4 is 50.8 Å². The summed E-state index contributed by atoms with van der Waals surface area (Å²) >= 11 is 0. The summed E-state index contributed by atoms with van der Waals surface area (Å²) in [7, 11) is -6.36. The molecule has 2 N–H and O–H groups in total. The molecule has 0 saturated carbocycles. The van der Waals surface area contributed by atoms with Gasteiger partial charge in [-0.3, -0.25) is 28.5 Å². The Kier molecular flexibility index (Phi) is 11.0. The standard InChI is InChI=1S/C36H33F3N6O9S/c1-21(46)41-31-28-32(44-34(43-31)42-22(2)47)45(20-40-28)33-30(54-55(49,50)36(37,38)39)29(52-23(3)48)27(53-33)19-51-35(24-13-7-4-8-14-24,25-15-9-5-10-16-25)26-17-11-6-12-18-26/h4-18,20,27,29-30,33H,19H2,1-3H3,(H2,41,42,43,44,46,47)/t27-,29-,30-,33-/m1/s1. The van der Waals surface area contributed by atoms with E-state index in [2.05, 4.69) is 25.6 Å². The number of carbonyl (C=O) groups is 3. The number of nitrogens with zero attached hydrogens (tertiary/aromatic N) is 4. The number of imidazole rings is 1. The minimum Gasteiger partial charge on any atom is -0.457 e. The van der Waals surface area contributed by atoms with E-state index in [1.807, 2.05) is 54.6 Å². The zero-order valence-electron chi connectivity index (χ0n) is 29.3. The smallest absolute Gasteiger partial charge is 0.457 e. The zero-order valence-corrected chi connectivity index (χ0v) is 30.1. The number of alkyl halides is 3. The average Bonchev–Trinajstić information content (AvgIpc) is 3.69. The summed E-state index contributed by atoms with van der Waals surface area (Å²) < 4.78 is 91.4. The summed E-state index contributed by atoms with van der Waals surface area (Å²) in [4.78, 5) is 49.0. The minimum absolute atomic E-state index is 0.120. The largest absolute Gasteiger partial charge is 0.523 e. The monoisotopic (exact) mass is 782 g/mol. The Balaban J connectivity index is 1.51. The molecule has 1 saturated heterocycles. The Bertz CT molecular complexity index is 2200. The first kappa shape index (κ1) is 38.9. The average molecular weight is 783 g/mol. The normalized spacial score (nSPS) is 18.9. The molecule has 1 aliphatic heterocycles. The van der Waals surface area contributed by atoms with Gasteiger partial charge in [-0.05, 0) is 16.7 Å². The van der Waals surface area contributed by atoms with Gasteiger partial charge in [0, 0.05) is 20.8 Å². The van der Waals surface area contributed by atoms with Crippen molar-refractivity contribution in [2.75, 3.05) is 17.2 Å². The lowest BCUT2D eigenvalue weighted by Crippen LogP contribution is -2.44. The Labute approximate surface area is 311 Å². The molecule has 2 aromatic heterocycles. The van der Waals surface area contributed by atoms with Crippen molar-refractivity contribution < 1.29 is 54.4 Å². The van der Waals surface area contributed by atoms with Crippen LogP contribution in [0.5, 0.6) is 0 Å². The number of hydrogen-bond acceptors (Lipinski definition) is 12. The second-order valence-electron chi connectivity index (χ2n) is 12.3. The highest BCUT2D eigenvalue weighted by molar-refractivity contribution is 7.87. The fourth-order valence-electron chi connectivity index (χ4n) is 6.25. The van der Waals surface area contributed by atoms with E-state index < -0.39 is 70.2 Å². The lowest BCUT2D eigenvalue weighted by atomic mass is 9.80. The number of rotatable bonds is 12. The van der Waals surface area contributed by atoms with Gasteiger partial charge in [0.15, 0.2) is 35.4 Å².